The first-order chi connectivity index (χ1) is 12.9. The van der Waals surface area contributed by atoms with E-state index in [2.05, 4.69) is 63.7 Å². The third-order valence-corrected chi connectivity index (χ3v) is 7.08. The van der Waals surface area contributed by atoms with Gasteiger partial charge in [-0.05, 0) is 100 Å². The molecule has 12 heteroatoms. The third kappa shape index (κ3) is 4.95. The fourth-order valence-electron chi connectivity index (χ4n) is 1.85. The van der Waals surface area contributed by atoms with Crippen molar-refractivity contribution in [1.82, 2.24) is 0 Å². The fraction of sp³-hybridized carbons (Fsp3) is 0.125. The van der Waals surface area contributed by atoms with E-state index in [0.717, 1.165) is 0 Å². The summed E-state index contributed by atoms with van der Waals surface area (Å²) in [7, 11) is 0. The summed E-state index contributed by atoms with van der Waals surface area (Å²) in [6, 6.07) is 7.73. The van der Waals surface area contributed by atoms with Gasteiger partial charge in [-0.1, -0.05) is 0 Å². The largest absolute Gasteiger partial charge is 0.396 e. The number of halogens is 8. The number of carbonyl (C=O) groups excluding carboxylic acids is 2. The topological polar surface area (TPSA) is 58.2 Å². The standard InChI is InChI=1S/C16H8Br4F4N2O2/c17-9-3-1-7(5-11(9)19)25-13(27)15(21,22)16(23,24)14(28)26-8-2-4-10(18)12(20)6-8/h1-6H,(H,25,27)(H,26,28). The van der Waals surface area contributed by atoms with Crippen LogP contribution in [0.15, 0.2) is 54.3 Å². The molecule has 2 amide bonds. The van der Waals surface area contributed by atoms with Gasteiger partial charge < -0.3 is 10.6 Å². The molecule has 0 aromatic heterocycles. The summed E-state index contributed by atoms with van der Waals surface area (Å²) >= 11 is 12.5. The molecule has 0 fully saturated rings. The van der Waals surface area contributed by atoms with Crippen molar-refractivity contribution in [2.24, 2.45) is 0 Å². The van der Waals surface area contributed by atoms with Crippen LogP contribution in [0.2, 0.25) is 0 Å². The van der Waals surface area contributed by atoms with Crippen LogP contribution >= 0.6 is 63.7 Å². The van der Waals surface area contributed by atoms with Crippen LogP contribution in [0.25, 0.3) is 0 Å². The lowest BCUT2D eigenvalue weighted by molar-refractivity contribution is -0.204. The highest BCUT2D eigenvalue weighted by Gasteiger charge is 2.67. The van der Waals surface area contributed by atoms with E-state index in [9.17, 15) is 27.2 Å². The van der Waals surface area contributed by atoms with Crippen LogP contribution in [0, 0.1) is 0 Å². The number of nitrogens with one attached hydrogen (secondary N) is 2. The van der Waals surface area contributed by atoms with Gasteiger partial charge in [-0.15, -0.1) is 0 Å². The molecule has 0 bridgehead atoms. The van der Waals surface area contributed by atoms with Gasteiger partial charge in [0, 0.05) is 29.3 Å². The van der Waals surface area contributed by atoms with Crippen molar-refractivity contribution in [2.75, 3.05) is 10.6 Å². The summed E-state index contributed by atoms with van der Waals surface area (Å²) in [5.41, 5.74) is -0.319. The number of benzene rings is 2. The zero-order valence-corrected chi connectivity index (χ0v) is 19.6. The van der Waals surface area contributed by atoms with Gasteiger partial charge >= 0.3 is 23.7 Å². The molecule has 0 spiro atoms. The van der Waals surface area contributed by atoms with E-state index in [1.165, 1.54) is 36.4 Å². The second-order valence-electron chi connectivity index (χ2n) is 5.31. The minimum Gasteiger partial charge on any atom is -0.321 e. The number of hydrogen-bond donors (Lipinski definition) is 2. The summed E-state index contributed by atoms with van der Waals surface area (Å²) in [5.74, 6) is -15.2. The molecule has 0 saturated heterocycles. The predicted octanol–water partition coefficient (Wildman–Crippen LogP) is 6.58. The monoisotopic (exact) mass is 652 g/mol. The Bertz CT molecular complexity index is 865. The summed E-state index contributed by atoms with van der Waals surface area (Å²) in [5, 5.41) is 3.36. The van der Waals surface area contributed by atoms with Crippen molar-refractivity contribution in [1.29, 1.82) is 0 Å². The highest BCUT2D eigenvalue weighted by molar-refractivity contribution is 9.13. The number of hydrogen-bond acceptors (Lipinski definition) is 2. The summed E-state index contributed by atoms with van der Waals surface area (Å²) in [6.07, 6.45) is 0. The quantitative estimate of drug-likeness (QED) is 0.358. The number of anilines is 2. The number of carbonyl (C=O) groups is 2. The average Bonchev–Trinajstić information content (AvgIpc) is 2.61. The van der Waals surface area contributed by atoms with Crippen LogP contribution in [0.4, 0.5) is 28.9 Å². The molecule has 28 heavy (non-hydrogen) atoms. The molecule has 150 valence electrons. The molecular formula is C16H8Br4F4N2O2. The molecule has 0 radical (unpaired) electrons. The van der Waals surface area contributed by atoms with E-state index in [-0.39, 0.29) is 11.4 Å². The van der Waals surface area contributed by atoms with Crippen LogP contribution in [0.5, 0.6) is 0 Å². The van der Waals surface area contributed by atoms with E-state index < -0.39 is 23.7 Å². The van der Waals surface area contributed by atoms with Crippen LogP contribution in [-0.2, 0) is 9.59 Å². The van der Waals surface area contributed by atoms with E-state index in [4.69, 9.17) is 0 Å². The maximum absolute atomic E-state index is 14.1. The molecule has 0 unspecified atom stereocenters. The second-order valence-corrected chi connectivity index (χ2v) is 8.73. The summed E-state index contributed by atoms with van der Waals surface area (Å²) in [6.45, 7) is 0. The van der Waals surface area contributed by atoms with Gasteiger partial charge in [0.05, 0.1) is 0 Å². The number of rotatable bonds is 5. The zero-order chi connectivity index (χ0) is 21.3. The van der Waals surface area contributed by atoms with Gasteiger partial charge in [0.25, 0.3) is 0 Å². The van der Waals surface area contributed by atoms with Gasteiger partial charge in [-0.2, -0.15) is 17.6 Å². The van der Waals surface area contributed by atoms with Gasteiger partial charge in [0.2, 0.25) is 0 Å². The van der Waals surface area contributed by atoms with Crippen molar-refractivity contribution in [3.05, 3.63) is 54.3 Å². The van der Waals surface area contributed by atoms with Crippen molar-refractivity contribution >= 4 is 86.9 Å². The van der Waals surface area contributed by atoms with Crippen LogP contribution in [0.3, 0.4) is 0 Å². The van der Waals surface area contributed by atoms with Crippen molar-refractivity contribution in [3.8, 4) is 0 Å². The first kappa shape index (κ1) is 23.3. The molecule has 0 atom stereocenters. The lowest BCUT2D eigenvalue weighted by Crippen LogP contribution is -2.56. The normalized spacial score (nSPS) is 11.9. The molecule has 0 saturated carbocycles. The molecule has 0 heterocycles. The number of amides is 2. The van der Waals surface area contributed by atoms with Crippen molar-refractivity contribution in [3.63, 3.8) is 0 Å². The van der Waals surface area contributed by atoms with E-state index in [0.29, 0.717) is 17.9 Å². The van der Waals surface area contributed by atoms with Crippen LogP contribution in [0.1, 0.15) is 0 Å². The zero-order valence-electron chi connectivity index (χ0n) is 13.3. The van der Waals surface area contributed by atoms with E-state index in [1.54, 1.807) is 10.6 Å². The maximum Gasteiger partial charge on any atom is 0.396 e. The van der Waals surface area contributed by atoms with Gasteiger partial charge in [-0.25, -0.2) is 0 Å². The van der Waals surface area contributed by atoms with E-state index >= 15 is 0 Å². The molecule has 0 aliphatic rings. The predicted molar refractivity (Wildman–Crippen MR) is 111 cm³/mol. The molecule has 2 N–H and O–H groups in total. The summed E-state index contributed by atoms with van der Waals surface area (Å²) < 4.78 is 58.3. The summed E-state index contributed by atoms with van der Waals surface area (Å²) in [4.78, 5) is 23.5. The number of alkyl halides is 4. The average molecular weight is 656 g/mol. The van der Waals surface area contributed by atoms with Crippen LogP contribution in [-0.4, -0.2) is 23.7 Å². The minimum atomic E-state index is -5.30. The van der Waals surface area contributed by atoms with Crippen molar-refractivity contribution in [2.45, 2.75) is 11.8 Å². The van der Waals surface area contributed by atoms with E-state index in [1.807, 2.05) is 0 Å². The maximum atomic E-state index is 14.1. The SMILES string of the molecule is O=C(Nc1ccc(Br)c(Br)c1)C(F)(F)C(F)(F)C(=O)Nc1ccc(Br)c(Br)c1. The first-order valence-electron chi connectivity index (χ1n) is 7.15. The Morgan fingerprint density at radius 1 is 0.643 bits per heavy atom. The lowest BCUT2D eigenvalue weighted by Gasteiger charge is -2.24. The van der Waals surface area contributed by atoms with Gasteiger partial charge in [0.1, 0.15) is 0 Å². The Hall–Kier alpha value is -0.980. The second kappa shape index (κ2) is 8.80. The molecule has 2 aromatic carbocycles. The Morgan fingerprint density at radius 2 is 0.964 bits per heavy atom. The Morgan fingerprint density at radius 3 is 1.25 bits per heavy atom. The van der Waals surface area contributed by atoms with Gasteiger partial charge in [-0.3, -0.25) is 9.59 Å². The first-order valence-corrected chi connectivity index (χ1v) is 10.3. The highest BCUT2D eigenvalue weighted by atomic mass is 79.9. The molecule has 2 aromatic rings. The van der Waals surface area contributed by atoms with Crippen LogP contribution < -0.4 is 10.6 Å². The Labute approximate surface area is 190 Å². The highest BCUT2D eigenvalue weighted by Crippen LogP contribution is 2.37. The smallest absolute Gasteiger partial charge is 0.321 e. The fourth-order valence-corrected chi connectivity index (χ4v) is 3.10. The molecule has 0 aliphatic carbocycles. The van der Waals surface area contributed by atoms with Gasteiger partial charge in [0.15, 0.2) is 0 Å². The Kier molecular flexibility index (Phi) is 7.32. The molecule has 0 aliphatic heterocycles. The molecule has 2 rings (SSSR count). The minimum absolute atomic E-state index is 0.159. The third-order valence-electron chi connectivity index (χ3n) is 3.32. The molecule has 4 nitrogen and oxygen atoms in total. The Balaban J connectivity index is 2.20. The lowest BCUT2D eigenvalue weighted by atomic mass is 10.1. The molecular weight excluding hydrogens is 648 g/mol. The van der Waals surface area contributed by atoms with Crippen molar-refractivity contribution < 1.29 is 27.2 Å².